The number of rotatable bonds is 12. The number of ether oxygens (including phenoxy) is 2. The largest absolute Gasteiger partial charge is 0.496 e. The van der Waals surface area contributed by atoms with E-state index in [1.165, 1.54) is 11.1 Å². The van der Waals surface area contributed by atoms with E-state index < -0.39 is 11.5 Å². The molecule has 0 atom stereocenters. The van der Waals surface area contributed by atoms with Crippen molar-refractivity contribution in [2.45, 2.75) is 40.2 Å². The maximum absolute atomic E-state index is 13.0. The molecular weight excluding hydrogens is 504 g/mol. The summed E-state index contributed by atoms with van der Waals surface area (Å²) in [6.07, 6.45) is 3.54. The molecule has 4 rings (SSSR count). The second kappa shape index (κ2) is 13.6. The molecule has 1 amide bonds. The second-order valence-corrected chi connectivity index (χ2v) is 9.89. The first-order valence-corrected chi connectivity index (χ1v) is 13.4. The maximum Gasteiger partial charge on any atom is 0.360 e. The Morgan fingerprint density at radius 3 is 2.52 bits per heavy atom. The maximum atomic E-state index is 13.0. The lowest BCUT2D eigenvalue weighted by Crippen LogP contribution is -2.18. The lowest BCUT2D eigenvalue weighted by molar-refractivity contribution is 0.102. The summed E-state index contributed by atoms with van der Waals surface area (Å²) < 4.78 is 17.0. The number of hydrogen-bond donors (Lipinski definition) is 2. The number of aryl methyl sites for hydroxylation is 1. The Morgan fingerprint density at radius 1 is 1.00 bits per heavy atom. The lowest BCUT2D eigenvalue weighted by Gasteiger charge is -2.12. The predicted molar refractivity (Wildman–Crippen MR) is 160 cm³/mol. The molecular formula is C33H36N2O5. The number of methoxy groups -OCH3 is 1. The Labute approximate surface area is 234 Å². The highest BCUT2D eigenvalue weighted by Gasteiger charge is 2.15. The van der Waals surface area contributed by atoms with Crippen LogP contribution in [0.4, 0.5) is 5.69 Å². The van der Waals surface area contributed by atoms with Gasteiger partial charge in [0.15, 0.2) is 0 Å². The summed E-state index contributed by atoms with van der Waals surface area (Å²) in [5, 5.41) is 6.82. The summed E-state index contributed by atoms with van der Waals surface area (Å²) in [5.74, 6) is 0.971. The number of carbonyl (C=O) groups excluding carboxylic acids is 1. The molecule has 0 bridgehead atoms. The van der Waals surface area contributed by atoms with Crippen molar-refractivity contribution in [1.29, 1.82) is 0 Å². The fraction of sp³-hybridized carbons (Fsp3) is 0.273. The summed E-state index contributed by atoms with van der Waals surface area (Å²) in [5.41, 5.74) is 4.37. The van der Waals surface area contributed by atoms with Crippen molar-refractivity contribution in [2.75, 3.05) is 25.6 Å². The molecule has 40 heavy (non-hydrogen) atoms. The molecule has 7 heteroatoms. The summed E-state index contributed by atoms with van der Waals surface area (Å²) in [7, 11) is 1.60. The van der Waals surface area contributed by atoms with E-state index in [0.29, 0.717) is 41.1 Å². The number of carbonyl (C=O) groups is 1. The molecule has 0 saturated carbocycles. The van der Waals surface area contributed by atoms with Crippen LogP contribution in [0.2, 0.25) is 0 Å². The SMILES string of the molecule is COc1ccc(C(=O)Nc2cc3ccc(OCCCNCc4ccccc4)c(C)c3oc2=O)cc1CC=C(C)C. The van der Waals surface area contributed by atoms with Crippen molar-refractivity contribution >= 4 is 22.6 Å². The van der Waals surface area contributed by atoms with Crippen molar-refractivity contribution < 1.29 is 18.7 Å². The van der Waals surface area contributed by atoms with Gasteiger partial charge in [0.1, 0.15) is 22.8 Å². The normalized spacial score (nSPS) is 10.8. The van der Waals surface area contributed by atoms with Crippen LogP contribution in [-0.4, -0.2) is 26.2 Å². The molecule has 0 aliphatic carbocycles. The zero-order chi connectivity index (χ0) is 28.5. The molecule has 0 unspecified atom stereocenters. The molecule has 0 aliphatic rings. The van der Waals surface area contributed by atoms with Crippen molar-refractivity contribution in [3.63, 3.8) is 0 Å². The van der Waals surface area contributed by atoms with E-state index in [9.17, 15) is 9.59 Å². The molecule has 208 valence electrons. The fourth-order valence-electron chi connectivity index (χ4n) is 4.35. The fourth-order valence-corrected chi connectivity index (χ4v) is 4.35. The van der Waals surface area contributed by atoms with Crippen LogP contribution in [0.1, 0.15) is 47.3 Å². The van der Waals surface area contributed by atoms with Gasteiger partial charge in [-0.3, -0.25) is 4.79 Å². The quantitative estimate of drug-likeness (QED) is 0.122. The molecule has 0 aliphatic heterocycles. The first-order valence-electron chi connectivity index (χ1n) is 13.4. The van der Waals surface area contributed by atoms with E-state index in [1.807, 2.05) is 51.1 Å². The first-order chi connectivity index (χ1) is 19.4. The van der Waals surface area contributed by atoms with E-state index in [4.69, 9.17) is 13.9 Å². The van der Waals surface area contributed by atoms with E-state index >= 15 is 0 Å². The van der Waals surface area contributed by atoms with Crippen molar-refractivity contribution in [3.05, 3.63) is 111 Å². The summed E-state index contributed by atoms with van der Waals surface area (Å²) >= 11 is 0. The highest BCUT2D eigenvalue weighted by molar-refractivity contribution is 6.05. The molecule has 1 heterocycles. The lowest BCUT2D eigenvalue weighted by atomic mass is 10.0. The van der Waals surface area contributed by atoms with Gasteiger partial charge in [0.2, 0.25) is 0 Å². The smallest absolute Gasteiger partial charge is 0.360 e. The summed E-state index contributed by atoms with van der Waals surface area (Å²) in [6, 6.07) is 20.8. The highest BCUT2D eigenvalue weighted by atomic mass is 16.5. The number of fused-ring (bicyclic) bond motifs is 1. The van der Waals surface area contributed by atoms with Gasteiger partial charge in [0.25, 0.3) is 5.91 Å². The minimum atomic E-state index is -0.621. The number of hydrogen-bond acceptors (Lipinski definition) is 6. The molecule has 1 aromatic heterocycles. The number of nitrogens with one attached hydrogen (secondary N) is 2. The molecule has 3 aromatic carbocycles. The van der Waals surface area contributed by atoms with Gasteiger partial charge >= 0.3 is 5.63 Å². The third-order valence-electron chi connectivity index (χ3n) is 6.55. The van der Waals surface area contributed by atoms with E-state index in [2.05, 4.69) is 28.8 Å². The number of amides is 1. The van der Waals surface area contributed by atoms with Crippen molar-refractivity contribution in [1.82, 2.24) is 5.32 Å². The number of allylic oxidation sites excluding steroid dienone is 2. The van der Waals surface area contributed by atoms with Gasteiger partial charge in [0.05, 0.1) is 13.7 Å². The van der Waals surface area contributed by atoms with Crippen LogP contribution in [0.15, 0.2) is 87.6 Å². The molecule has 0 fully saturated rings. The first kappa shape index (κ1) is 28.6. The van der Waals surface area contributed by atoms with Crippen molar-refractivity contribution in [2.24, 2.45) is 0 Å². The molecule has 4 aromatic rings. The third kappa shape index (κ3) is 7.39. The average molecular weight is 541 g/mol. The molecule has 2 N–H and O–H groups in total. The van der Waals surface area contributed by atoms with Crippen LogP contribution >= 0.6 is 0 Å². The number of anilines is 1. The minimum absolute atomic E-state index is 0.0803. The molecule has 0 radical (unpaired) electrons. The Bertz CT molecular complexity index is 1550. The van der Waals surface area contributed by atoms with Gasteiger partial charge in [-0.05, 0) is 87.7 Å². The predicted octanol–water partition coefficient (Wildman–Crippen LogP) is 6.43. The Balaban J connectivity index is 1.40. The van der Waals surface area contributed by atoms with Gasteiger partial charge in [-0.15, -0.1) is 0 Å². The topological polar surface area (TPSA) is 89.8 Å². The van der Waals surface area contributed by atoms with Crippen LogP contribution in [0.3, 0.4) is 0 Å². The van der Waals surface area contributed by atoms with Gasteiger partial charge in [-0.1, -0.05) is 42.0 Å². The van der Waals surface area contributed by atoms with Crippen LogP contribution in [0.5, 0.6) is 11.5 Å². The van der Waals surface area contributed by atoms with Gasteiger partial charge in [-0.25, -0.2) is 4.79 Å². The van der Waals surface area contributed by atoms with E-state index in [1.54, 1.807) is 31.4 Å². The standard InChI is InChI=1S/C33H36N2O5/c1-22(2)11-12-25-19-27(14-16-30(25)38-4)32(36)35-28-20-26-13-15-29(23(3)31(26)40-33(28)37)39-18-8-17-34-21-24-9-6-5-7-10-24/h5-7,9-11,13-16,19-20,34H,8,12,17-18,21H2,1-4H3,(H,35,36). The Hall–Kier alpha value is -4.36. The second-order valence-electron chi connectivity index (χ2n) is 9.89. The third-order valence-corrected chi connectivity index (χ3v) is 6.55. The van der Waals surface area contributed by atoms with Crippen LogP contribution in [0.25, 0.3) is 11.0 Å². The van der Waals surface area contributed by atoms with Crippen LogP contribution < -0.4 is 25.7 Å². The number of benzene rings is 3. The van der Waals surface area contributed by atoms with Gasteiger partial charge in [0, 0.05) is 23.1 Å². The highest BCUT2D eigenvalue weighted by Crippen LogP contribution is 2.28. The Kier molecular flexibility index (Phi) is 9.76. The van der Waals surface area contributed by atoms with Gasteiger partial charge in [-0.2, -0.15) is 0 Å². The van der Waals surface area contributed by atoms with Crippen LogP contribution in [-0.2, 0) is 13.0 Å². The van der Waals surface area contributed by atoms with Crippen LogP contribution in [0, 0.1) is 6.92 Å². The zero-order valence-electron chi connectivity index (χ0n) is 23.5. The summed E-state index contributed by atoms with van der Waals surface area (Å²) in [4.78, 5) is 25.8. The van der Waals surface area contributed by atoms with Crippen molar-refractivity contribution in [3.8, 4) is 11.5 Å². The van der Waals surface area contributed by atoms with E-state index in [-0.39, 0.29) is 5.69 Å². The summed E-state index contributed by atoms with van der Waals surface area (Å²) in [6.45, 7) is 8.07. The Morgan fingerprint density at radius 2 is 1.77 bits per heavy atom. The monoisotopic (exact) mass is 540 g/mol. The minimum Gasteiger partial charge on any atom is -0.496 e. The van der Waals surface area contributed by atoms with Gasteiger partial charge < -0.3 is 24.5 Å². The zero-order valence-corrected chi connectivity index (χ0v) is 23.5. The van der Waals surface area contributed by atoms with E-state index in [0.717, 1.165) is 30.6 Å². The average Bonchev–Trinajstić information content (AvgIpc) is 2.96. The molecule has 0 spiro atoms. The molecule has 7 nitrogen and oxygen atoms in total. The molecule has 0 saturated heterocycles.